The Morgan fingerprint density at radius 1 is 1.43 bits per heavy atom. The lowest BCUT2D eigenvalue weighted by atomic mass is 10.2. The highest BCUT2D eigenvalue weighted by atomic mass is 19.3. The fraction of sp³-hybridized carbons (Fsp3) is 0.667. The summed E-state index contributed by atoms with van der Waals surface area (Å²) in [6.45, 7) is 1.94. The average molecular weight is 203 g/mol. The fourth-order valence-corrected chi connectivity index (χ4v) is 1.10. The van der Waals surface area contributed by atoms with Gasteiger partial charge >= 0.3 is 0 Å². The van der Waals surface area contributed by atoms with E-state index < -0.39 is 12.1 Å². The van der Waals surface area contributed by atoms with E-state index in [0.29, 0.717) is 5.92 Å². The zero-order chi connectivity index (χ0) is 10.7. The van der Waals surface area contributed by atoms with E-state index >= 15 is 0 Å². The van der Waals surface area contributed by atoms with Crippen LogP contribution >= 0.6 is 0 Å². The standard InChI is InChI=1S/C9H15F2N3/c1-5(6-2-3-6)14-4-7(12)8(13)9(10)11/h4-6,9H,2-3,12-13H2,1H3/b8-7+,14-4?. The van der Waals surface area contributed by atoms with Gasteiger partial charge in [-0.05, 0) is 25.7 Å². The molecule has 3 nitrogen and oxygen atoms in total. The van der Waals surface area contributed by atoms with Crippen molar-refractivity contribution in [2.75, 3.05) is 0 Å². The number of hydrogen-bond donors (Lipinski definition) is 2. The highest BCUT2D eigenvalue weighted by molar-refractivity contribution is 5.78. The molecule has 5 heteroatoms. The summed E-state index contributed by atoms with van der Waals surface area (Å²) in [5.41, 5.74) is 9.63. The topological polar surface area (TPSA) is 64.4 Å². The van der Waals surface area contributed by atoms with Crippen LogP contribution in [0.1, 0.15) is 19.8 Å². The Labute approximate surface area is 81.9 Å². The van der Waals surface area contributed by atoms with Crippen LogP contribution in [0.3, 0.4) is 0 Å². The van der Waals surface area contributed by atoms with Crippen LogP contribution in [0.5, 0.6) is 0 Å². The number of hydrogen-bond acceptors (Lipinski definition) is 3. The predicted molar refractivity (Wildman–Crippen MR) is 52.1 cm³/mol. The van der Waals surface area contributed by atoms with Gasteiger partial charge in [-0.3, -0.25) is 4.99 Å². The molecule has 0 heterocycles. The average Bonchev–Trinajstić information content (AvgIpc) is 2.95. The van der Waals surface area contributed by atoms with Gasteiger partial charge in [-0.25, -0.2) is 8.78 Å². The SMILES string of the molecule is CC(N=C/C(N)=C(\N)C(F)F)C1CC1. The summed E-state index contributed by atoms with van der Waals surface area (Å²) in [5.74, 6) is 0.590. The van der Waals surface area contributed by atoms with Crippen LogP contribution in [0.2, 0.25) is 0 Å². The first-order valence-corrected chi connectivity index (χ1v) is 4.58. The molecule has 0 amide bonds. The molecule has 1 atom stereocenters. The van der Waals surface area contributed by atoms with E-state index in [1.165, 1.54) is 6.21 Å². The number of aliphatic imine (C=N–C) groups is 1. The zero-order valence-corrected chi connectivity index (χ0v) is 8.08. The lowest BCUT2D eigenvalue weighted by Gasteiger charge is -2.04. The van der Waals surface area contributed by atoms with Crippen molar-refractivity contribution in [3.63, 3.8) is 0 Å². The molecule has 1 saturated carbocycles. The number of nitrogens with zero attached hydrogens (tertiary/aromatic N) is 1. The van der Waals surface area contributed by atoms with E-state index in [2.05, 4.69) is 4.99 Å². The van der Waals surface area contributed by atoms with Crippen molar-refractivity contribution in [1.29, 1.82) is 0 Å². The van der Waals surface area contributed by atoms with Crippen LogP contribution in [0.15, 0.2) is 16.4 Å². The molecule has 1 fully saturated rings. The molecular formula is C9H15F2N3. The molecule has 1 aliphatic carbocycles. The molecule has 0 bridgehead atoms. The predicted octanol–water partition coefficient (Wildman–Crippen LogP) is 1.25. The van der Waals surface area contributed by atoms with Gasteiger partial charge in [-0.15, -0.1) is 0 Å². The van der Waals surface area contributed by atoms with Crippen LogP contribution in [0.25, 0.3) is 0 Å². The van der Waals surface area contributed by atoms with Gasteiger partial charge < -0.3 is 11.5 Å². The summed E-state index contributed by atoms with van der Waals surface area (Å²) in [4.78, 5) is 4.07. The summed E-state index contributed by atoms with van der Waals surface area (Å²) in [5, 5.41) is 0. The fourth-order valence-electron chi connectivity index (χ4n) is 1.10. The van der Waals surface area contributed by atoms with E-state index in [4.69, 9.17) is 11.5 Å². The molecule has 14 heavy (non-hydrogen) atoms. The van der Waals surface area contributed by atoms with Crippen LogP contribution in [-0.4, -0.2) is 18.7 Å². The van der Waals surface area contributed by atoms with Crippen LogP contribution in [0, 0.1) is 5.92 Å². The number of allylic oxidation sites excluding steroid dienone is 2. The lowest BCUT2D eigenvalue weighted by Crippen LogP contribution is -2.17. The summed E-state index contributed by atoms with van der Waals surface area (Å²) in [6, 6.07) is 0.152. The van der Waals surface area contributed by atoms with Gasteiger partial charge in [-0.1, -0.05) is 0 Å². The molecule has 0 radical (unpaired) electrons. The Balaban J connectivity index is 2.53. The summed E-state index contributed by atoms with van der Waals surface area (Å²) in [7, 11) is 0. The molecule has 0 aliphatic heterocycles. The second-order valence-electron chi connectivity index (χ2n) is 3.57. The maximum atomic E-state index is 12.0. The first-order valence-electron chi connectivity index (χ1n) is 4.58. The first kappa shape index (κ1) is 10.9. The highest BCUT2D eigenvalue weighted by Crippen LogP contribution is 2.33. The largest absolute Gasteiger partial charge is 0.396 e. The molecule has 80 valence electrons. The third-order valence-electron chi connectivity index (χ3n) is 2.32. The van der Waals surface area contributed by atoms with Crippen LogP contribution in [-0.2, 0) is 0 Å². The van der Waals surface area contributed by atoms with Gasteiger partial charge in [0.15, 0.2) is 0 Å². The minimum atomic E-state index is -2.71. The molecular weight excluding hydrogens is 188 g/mol. The summed E-state index contributed by atoms with van der Waals surface area (Å²) < 4.78 is 24.1. The number of alkyl halides is 2. The van der Waals surface area contributed by atoms with E-state index in [1.54, 1.807) is 0 Å². The van der Waals surface area contributed by atoms with Crippen molar-refractivity contribution < 1.29 is 8.78 Å². The van der Waals surface area contributed by atoms with E-state index in [-0.39, 0.29) is 11.7 Å². The number of nitrogens with two attached hydrogens (primary N) is 2. The third kappa shape index (κ3) is 2.97. The van der Waals surface area contributed by atoms with Crippen LogP contribution < -0.4 is 11.5 Å². The molecule has 0 aromatic rings. The Kier molecular flexibility index (Phi) is 3.43. The smallest absolute Gasteiger partial charge is 0.279 e. The molecule has 1 rings (SSSR count). The van der Waals surface area contributed by atoms with E-state index in [1.807, 2.05) is 6.92 Å². The van der Waals surface area contributed by atoms with Crippen molar-refractivity contribution in [2.24, 2.45) is 22.4 Å². The van der Waals surface area contributed by atoms with Gasteiger partial charge in [0, 0.05) is 6.21 Å². The van der Waals surface area contributed by atoms with Crippen molar-refractivity contribution in [3.8, 4) is 0 Å². The first-order chi connectivity index (χ1) is 6.52. The third-order valence-corrected chi connectivity index (χ3v) is 2.32. The second kappa shape index (κ2) is 4.39. The van der Waals surface area contributed by atoms with Gasteiger partial charge in [0.25, 0.3) is 6.43 Å². The summed E-state index contributed by atoms with van der Waals surface area (Å²) in [6.07, 6.45) is 0.848. The second-order valence-corrected chi connectivity index (χ2v) is 3.57. The maximum absolute atomic E-state index is 12.0. The van der Waals surface area contributed by atoms with Gasteiger partial charge in [0.2, 0.25) is 0 Å². The van der Waals surface area contributed by atoms with Crippen molar-refractivity contribution >= 4 is 6.21 Å². The van der Waals surface area contributed by atoms with Gasteiger partial charge in [-0.2, -0.15) is 0 Å². The van der Waals surface area contributed by atoms with Crippen molar-refractivity contribution in [2.45, 2.75) is 32.2 Å². The van der Waals surface area contributed by atoms with Gasteiger partial charge in [0.1, 0.15) is 0 Å². The molecule has 0 saturated heterocycles. The molecule has 1 aliphatic rings. The Bertz CT molecular complexity index is 257. The van der Waals surface area contributed by atoms with E-state index in [9.17, 15) is 8.78 Å². The van der Waals surface area contributed by atoms with Crippen molar-refractivity contribution in [3.05, 3.63) is 11.4 Å². The molecule has 1 unspecified atom stereocenters. The normalized spacial score (nSPS) is 21.4. The molecule has 4 N–H and O–H groups in total. The molecule has 0 aromatic carbocycles. The van der Waals surface area contributed by atoms with E-state index in [0.717, 1.165) is 12.8 Å². The number of halogens is 2. The molecule has 0 aromatic heterocycles. The Morgan fingerprint density at radius 2 is 2.00 bits per heavy atom. The number of rotatable bonds is 4. The zero-order valence-electron chi connectivity index (χ0n) is 8.08. The van der Waals surface area contributed by atoms with Crippen LogP contribution in [0.4, 0.5) is 8.78 Å². The summed E-state index contributed by atoms with van der Waals surface area (Å²) >= 11 is 0. The maximum Gasteiger partial charge on any atom is 0.279 e. The lowest BCUT2D eigenvalue weighted by molar-refractivity contribution is 0.187. The van der Waals surface area contributed by atoms with Gasteiger partial charge in [0.05, 0.1) is 17.4 Å². The minimum Gasteiger partial charge on any atom is -0.396 e. The monoisotopic (exact) mass is 203 g/mol. The quantitative estimate of drug-likeness (QED) is 0.675. The molecule has 0 spiro atoms. The van der Waals surface area contributed by atoms with Crippen molar-refractivity contribution in [1.82, 2.24) is 0 Å². The Hall–Kier alpha value is -1.13. The minimum absolute atomic E-state index is 0.132. The highest BCUT2D eigenvalue weighted by Gasteiger charge is 2.27. The Morgan fingerprint density at radius 3 is 2.43 bits per heavy atom.